The molecule has 0 bridgehead atoms. The molecule has 0 radical (unpaired) electrons. The van der Waals surface area contributed by atoms with Crippen LogP contribution in [0.4, 0.5) is 0 Å². The Morgan fingerprint density at radius 3 is 2.82 bits per heavy atom. The number of carbonyl (C=O) groups excluding carboxylic acids is 1. The van der Waals surface area contributed by atoms with Crippen molar-refractivity contribution >= 4 is 6.29 Å². The van der Waals surface area contributed by atoms with Crippen LogP contribution in [0.5, 0.6) is 0 Å². The highest BCUT2D eigenvalue weighted by Crippen LogP contribution is 2.31. The smallest absolute Gasteiger partial charge is 0.145 e. The third-order valence-corrected chi connectivity index (χ3v) is 3.65. The molecule has 1 rings (SSSR count). The largest absolute Gasteiger partial charge is 0.389 e. The van der Waals surface area contributed by atoms with E-state index in [1.54, 1.807) is 6.08 Å². The lowest BCUT2D eigenvalue weighted by molar-refractivity contribution is -0.105. The molecule has 0 unspecified atom stereocenters. The van der Waals surface area contributed by atoms with E-state index in [4.69, 9.17) is 0 Å². The topological polar surface area (TPSA) is 37.3 Å². The van der Waals surface area contributed by atoms with Crippen LogP contribution < -0.4 is 0 Å². The van der Waals surface area contributed by atoms with Gasteiger partial charge in [0, 0.05) is 0 Å². The van der Waals surface area contributed by atoms with Crippen molar-refractivity contribution in [3.8, 4) is 0 Å². The highest BCUT2D eigenvalue weighted by Gasteiger charge is 2.27. The Kier molecular flexibility index (Phi) is 5.63. The summed E-state index contributed by atoms with van der Waals surface area (Å²) in [4.78, 5) is 10.6. The van der Waals surface area contributed by atoms with Gasteiger partial charge in [-0.1, -0.05) is 18.6 Å². The number of hydrogen-bond donors (Lipinski definition) is 1. The van der Waals surface area contributed by atoms with Crippen molar-refractivity contribution < 1.29 is 9.90 Å². The zero-order chi connectivity index (χ0) is 12.8. The maximum atomic E-state index is 10.6. The van der Waals surface area contributed by atoms with E-state index in [1.165, 1.54) is 5.57 Å². The van der Waals surface area contributed by atoms with Crippen LogP contribution in [0.25, 0.3) is 0 Å². The molecule has 2 nitrogen and oxygen atoms in total. The van der Waals surface area contributed by atoms with Gasteiger partial charge in [-0.25, -0.2) is 0 Å². The minimum Gasteiger partial charge on any atom is -0.389 e. The Bertz CT molecular complexity index is 311. The maximum absolute atomic E-state index is 10.6. The van der Waals surface area contributed by atoms with Gasteiger partial charge in [-0.05, 0) is 63.0 Å². The quantitative estimate of drug-likeness (QED) is 0.587. The maximum Gasteiger partial charge on any atom is 0.145 e. The van der Waals surface area contributed by atoms with Crippen LogP contribution in [0.1, 0.15) is 46.5 Å². The molecule has 3 atom stereocenters. The molecule has 0 amide bonds. The number of aliphatic hydroxyl groups is 1. The predicted molar refractivity (Wildman–Crippen MR) is 70.7 cm³/mol. The van der Waals surface area contributed by atoms with E-state index in [-0.39, 0.29) is 0 Å². The molecular formula is C15H24O2. The van der Waals surface area contributed by atoms with Gasteiger partial charge in [-0.15, -0.1) is 0 Å². The van der Waals surface area contributed by atoms with E-state index in [0.717, 1.165) is 37.5 Å². The molecule has 1 aliphatic carbocycles. The second-order valence-corrected chi connectivity index (χ2v) is 5.39. The summed E-state index contributed by atoms with van der Waals surface area (Å²) in [6.45, 7) is 6.42. The minimum absolute atomic E-state index is 0.310. The fourth-order valence-electron chi connectivity index (χ4n) is 2.50. The van der Waals surface area contributed by atoms with Crippen molar-refractivity contribution in [2.45, 2.75) is 52.6 Å². The first kappa shape index (κ1) is 14.2. The average molecular weight is 236 g/mol. The molecule has 0 saturated heterocycles. The molecule has 0 aromatic heterocycles. The van der Waals surface area contributed by atoms with E-state index in [1.807, 2.05) is 0 Å². The first-order chi connectivity index (χ1) is 8.04. The van der Waals surface area contributed by atoms with Gasteiger partial charge in [0.25, 0.3) is 0 Å². The molecule has 0 aliphatic heterocycles. The molecule has 0 fully saturated rings. The highest BCUT2D eigenvalue weighted by atomic mass is 16.3. The number of aldehydes is 1. The van der Waals surface area contributed by atoms with Crippen molar-refractivity contribution in [2.24, 2.45) is 11.8 Å². The van der Waals surface area contributed by atoms with Crippen LogP contribution in [0, 0.1) is 11.8 Å². The first-order valence-corrected chi connectivity index (χ1v) is 6.52. The summed E-state index contributed by atoms with van der Waals surface area (Å²) in [6, 6.07) is 0. The monoisotopic (exact) mass is 236 g/mol. The van der Waals surface area contributed by atoms with E-state index < -0.39 is 6.10 Å². The Morgan fingerprint density at radius 2 is 2.29 bits per heavy atom. The number of aliphatic hydroxyl groups excluding tert-OH is 1. The third kappa shape index (κ3) is 4.47. The lowest BCUT2D eigenvalue weighted by Gasteiger charge is -2.30. The Hall–Kier alpha value is -0.890. The van der Waals surface area contributed by atoms with Gasteiger partial charge >= 0.3 is 0 Å². The van der Waals surface area contributed by atoms with Crippen LogP contribution in [-0.2, 0) is 4.79 Å². The second-order valence-electron chi connectivity index (χ2n) is 5.39. The van der Waals surface area contributed by atoms with Gasteiger partial charge < -0.3 is 5.11 Å². The van der Waals surface area contributed by atoms with Crippen LogP contribution in [0.15, 0.2) is 23.3 Å². The first-order valence-electron chi connectivity index (χ1n) is 6.52. The van der Waals surface area contributed by atoms with Crippen LogP contribution in [0.3, 0.4) is 0 Å². The number of rotatable bonds is 5. The number of hydrogen-bond acceptors (Lipinski definition) is 2. The van der Waals surface area contributed by atoms with Gasteiger partial charge in [0.1, 0.15) is 6.29 Å². The highest BCUT2D eigenvalue weighted by molar-refractivity contribution is 5.73. The summed E-state index contributed by atoms with van der Waals surface area (Å²) in [6.07, 6.45) is 8.35. The molecule has 0 aromatic rings. The average Bonchev–Trinajstić information content (AvgIpc) is 2.28. The summed E-state index contributed by atoms with van der Waals surface area (Å²) in [7, 11) is 0. The van der Waals surface area contributed by atoms with Crippen LogP contribution in [-0.4, -0.2) is 17.5 Å². The zero-order valence-electron chi connectivity index (χ0n) is 11.1. The van der Waals surface area contributed by atoms with Gasteiger partial charge in [-0.2, -0.15) is 0 Å². The second kappa shape index (κ2) is 6.75. The van der Waals surface area contributed by atoms with Gasteiger partial charge in [0.15, 0.2) is 0 Å². The Labute approximate surface area is 104 Å². The third-order valence-electron chi connectivity index (χ3n) is 3.65. The molecule has 96 valence electrons. The summed E-state index contributed by atoms with van der Waals surface area (Å²) in [5, 5.41) is 10.00. The molecule has 1 N–H and O–H groups in total. The summed E-state index contributed by atoms with van der Waals surface area (Å²) in [5.41, 5.74) is 2.11. The fraction of sp³-hybridized carbons (Fsp3) is 0.667. The SMILES string of the molecule is CC(C)=CCC[C@@H](C)[C@@H]1CCC(C=O)=C[C@H]1O. The van der Waals surface area contributed by atoms with Crippen molar-refractivity contribution in [3.05, 3.63) is 23.3 Å². The molecule has 17 heavy (non-hydrogen) atoms. The molecule has 0 heterocycles. The number of carbonyl (C=O) groups is 1. The van der Waals surface area contributed by atoms with Crippen molar-refractivity contribution in [1.29, 1.82) is 0 Å². The van der Waals surface area contributed by atoms with Gasteiger partial charge in [0.2, 0.25) is 0 Å². The lowest BCUT2D eigenvalue weighted by Crippen LogP contribution is -2.28. The zero-order valence-corrected chi connectivity index (χ0v) is 11.1. The van der Waals surface area contributed by atoms with Gasteiger partial charge in [0.05, 0.1) is 6.10 Å². The molecule has 2 heteroatoms. The van der Waals surface area contributed by atoms with Gasteiger partial charge in [-0.3, -0.25) is 4.79 Å². The van der Waals surface area contributed by atoms with Crippen LogP contribution >= 0.6 is 0 Å². The Morgan fingerprint density at radius 1 is 1.59 bits per heavy atom. The number of allylic oxidation sites excluding steroid dienone is 3. The van der Waals surface area contributed by atoms with Crippen LogP contribution in [0.2, 0.25) is 0 Å². The predicted octanol–water partition coefficient (Wildman–Crippen LogP) is 3.27. The standard InChI is InChI=1S/C15H24O2/c1-11(2)5-4-6-12(3)14-8-7-13(10-16)9-15(14)17/h5,9-10,12,14-15,17H,4,6-8H2,1-3H3/t12-,14+,15-/m1/s1. The van der Waals surface area contributed by atoms with Crippen molar-refractivity contribution in [2.75, 3.05) is 0 Å². The van der Waals surface area contributed by atoms with Crippen molar-refractivity contribution in [3.63, 3.8) is 0 Å². The molecule has 1 aliphatic rings. The lowest BCUT2D eigenvalue weighted by atomic mass is 9.78. The fourth-order valence-corrected chi connectivity index (χ4v) is 2.50. The van der Waals surface area contributed by atoms with E-state index in [9.17, 15) is 9.90 Å². The Balaban J connectivity index is 2.48. The van der Waals surface area contributed by atoms with E-state index >= 15 is 0 Å². The normalized spacial score (nSPS) is 26.0. The summed E-state index contributed by atoms with van der Waals surface area (Å²) in [5.74, 6) is 0.814. The van der Waals surface area contributed by atoms with E-state index in [0.29, 0.717) is 11.8 Å². The molecule has 0 aromatic carbocycles. The molecule has 0 saturated carbocycles. The summed E-state index contributed by atoms with van der Waals surface area (Å²) >= 11 is 0. The minimum atomic E-state index is -0.439. The molecular weight excluding hydrogens is 212 g/mol. The van der Waals surface area contributed by atoms with Crippen molar-refractivity contribution in [1.82, 2.24) is 0 Å². The van der Waals surface area contributed by atoms with E-state index in [2.05, 4.69) is 26.8 Å². The molecule has 0 spiro atoms. The summed E-state index contributed by atoms with van der Waals surface area (Å²) < 4.78 is 0.